The molecule has 3 aromatic rings. The van der Waals surface area contributed by atoms with Crippen LogP contribution >= 0.6 is 48.6 Å². The van der Waals surface area contributed by atoms with E-state index >= 15 is 0 Å². The molecular formula is C15H19Cl3N4O3S2. The van der Waals surface area contributed by atoms with Crippen LogP contribution in [0.4, 0.5) is 0 Å². The number of nitrogens with zero attached hydrogens (tertiary/aromatic N) is 3. The lowest BCUT2D eigenvalue weighted by molar-refractivity contribution is 0.416. The summed E-state index contributed by atoms with van der Waals surface area (Å²) in [7, 11) is -0.324. The van der Waals surface area contributed by atoms with Crippen molar-refractivity contribution in [3.8, 4) is 16.9 Å². The molecule has 0 fully saturated rings. The van der Waals surface area contributed by atoms with Gasteiger partial charge in [0, 0.05) is 30.9 Å². The van der Waals surface area contributed by atoms with Gasteiger partial charge in [-0.05, 0) is 18.2 Å². The first-order valence-electron chi connectivity index (χ1n) is 7.02. The third-order valence-corrected chi connectivity index (χ3v) is 6.70. The van der Waals surface area contributed by atoms with Crippen LogP contribution in [0.25, 0.3) is 11.1 Å². The minimum absolute atomic E-state index is 0. The molecule has 0 amide bonds. The maximum absolute atomic E-state index is 12.8. The van der Waals surface area contributed by atoms with Crippen molar-refractivity contribution in [2.45, 2.75) is 15.6 Å². The molecule has 2 aromatic heterocycles. The zero-order valence-corrected chi connectivity index (χ0v) is 18.4. The molecule has 0 aliphatic carbocycles. The number of hydrogen-bond donors (Lipinski definition) is 1. The van der Waals surface area contributed by atoms with Gasteiger partial charge in [-0.3, -0.25) is 4.68 Å². The second-order valence-corrected chi connectivity index (χ2v) is 8.34. The van der Waals surface area contributed by atoms with Crippen molar-refractivity contribution in [1.29, 1.82) is 0 Å². The SMILES string of the molecule is COc1ccc(S(=O)(=O)c2cnc(CN)s2)cc1-c1cnn(C)c1.Cl.Cl.Cl. The molecule has 150 valence electrons. The Bertz CT molecular complexity index is 990. The first-order valence-corrected chi connectivity index (χ1v) is 9.32. The van der Waals surface area contributed by atoms with E-state index in [0.717, 1.165) is 16.9 Å². The number of sulfone groups is 1. The third kappa shape index (κ3) is 5.13. The van der Waals surface area contributed by atoms with E-state index in [2.05, 4.69) is 10.1 Å². The topological polar surface area (TPSA) is 100 Å². The summed E-state index contributed by atoms with van der Waals surface area (Å²) in [5.41, 5.74) is 6.95. The molecule has 7 nitrogen and oxygen atoms in total. The number of ether oxygens (including phenoxy) is 1. The molecule has 27 heavy (non-hydrogen) atoms. The molecular weight excluding hydrogens is 455 g/mol. The monoisotopic (exact) mass is 472 g/mol. The Balaban J connectivity index is 0.00000225. The van der Waals surface area contributed by atoms with Gasteiger partial charge in [0.25, 0.3) is 0 Å². The van der Waals surface area contributed by atoms with Crippen molar-refractivity contribution in [3.05, 3.63) is 41.8 Å². The van der Waals surface area contributed by atoms with Crippen LogP contribution in [0.5, 0.6) is 5.75 Å². The highest BCUT2D eigenvalue weighted by Gasteiger charge is 2.22. The summed E-state index contributed by atoms with van der Waals surface area (Å²) in [4.78, 5) is 4.20. The number of aryl methyl sites for hydroxylation is 1. The molecule has 0 atom stereocenters. The molecule has 0 aliphatic heterocycles. The van der Waals surface area contributed by atoms with Crippen LogP contribution in [-0.2, 0) is 23.4 Å². The molecule has 12 heteroatoms. The van der Waals surface area contributed by atoms with E-state index in [1.807, 2.05) is 0 Å². The summed E-state index contributed by atoms with van der Waals surface area (Å²) in [5.74, 6) is 0.578. The summed E-state index contributed by atoms with van der Waals surface area (Å²) in [5, 5.41) is 4.70. The van der Waals surface area contributed by atoms with Gasteiger partial charge >= 0.3 is 0 Å². The zero-order chi connectivity index (χ0) is 17.3. The summed E-state index contributed by atoms with van der Waals surface area (Å²) in [6.45, 7) is 0.212. The Morgan fingerprint density at radius 2 is 1.93 bits per heavy atom. The number of rotatable bonds is 5. The predicted molar refractivity (Wildman–Crippen MR) is 112 cm³/mol. The zero-order valence-electron chi connectivity index (χ0n) is 14.4. The van der Waals surface area contributed by atoms with Crippen LogP contribution < -0.4 is 10.5 Å². The van der Waals surface area contributed by atoms with Crippen LogP contribution in [0.3, 0.4) is 0 Å². The first kappa shape index (κ1) is 25.6. The van der Waals surface area contributed by atoms with E-state index in [0.29, 0.717) is 16.3 Å². The quantitative estimate of drug-likeness (QED) is 0.611. The van der Waals surface area contributed by atoms with Crippen LogP contribution in [0.1, 0.15) is 5.01 Å². The molecule has 0 saturated carbocycles. The molecule has 2 heterocycles. The highest BCUT2D eigenvalue weighted by molar-refractivity contribution is 7.93. The molecule has 0 aliphatic rings. The second kappa shape index (κ2) is 10.3. The van der Waals surface area contributed by atoms with E-state index in [-0.39, 0.29) is 52.9 Å². The van der Waals surface area contributed by atoms with Crippen LogP contribution in [0, 0.1) is 0 Å². The molecule has 0 saturated heterocycles. The number of halogens is 3. The second-order valence-electron chi connectivity index (χ2n) is 5.05. The van der Waals surface area contributed by atoms with Crippen molar-refractivity contribution in [2.75, 3.05) is 7.11 Å². The maximum Gasteiger partial charge on any atom is 0.217 e. The average molecular weight is 474 g/mol. The Hall–Kier alpha value is -1.36. The third-order valence-electron chi connectivity index (χ3n) is 3.47. The number of aromatic nitrogens is 3. The Kier molecular flexibility index (Phi) is 9.74. The molecule has 0 spiro atoms. The van der Waals surface area contributed by atoms with E-state index in [1.54, 1.807) is 43.4 Å². The van der Waals surface area contributed by atoms with E-state index in [1.165, 1.54) is 12.3 Å². The fourth-order valence-electron chi connectivity index (χ4n) is 2.27. The largest absolute Gasteiger partial charge is 0.496 e. The Morgan fingerprint density at radius 3 is 2.44 bits per heavy atom. The number of thiazole rings is 1. The van der Waals surface area contributed by atoms with Crippen molar-refractivity contribution < 1.29 is 13.2 Å². The lowest BCUT2D eigenvalue weighted by Crippen LogP contribution is -2.01. The van der Waals surface area contributed by atoms with Gasteiger partial charge in [-0.2, -0.15) is 5.10 Å². The van der Waals surface area contributed by atoms with Gasteiger partial charge < -0.3 is 10.5 Å². The van der Waals surface area contributed by atoms with Crippen LogP contribution in [0.15, 0.2) is 45.9 Å². The molecule has 0 unspecified atom stereocenters. The summed E-state index contributed by atoms with van der Waals surface area (Å²) >= 11 is 1.08. The number of benzene rings is 1. The van der Waals surface area contributed by atoms with Crippen LogP contribution in [0.2, 0.25) is 0 Å². The van der Waals surface area contributed by atoms with Gasteiger partial charge in [-0.1, -0.05) is 0 Å². The molecule has 2 N–H and O–H groups in total. The summed E-state index contributed by atoms with van der Waals surface area (Å²) in [6, 6.07) is 4.75. The lowest BCUT2D eigenvalue weighted by atomic mass is 10.1. The Morgan fingerprint density at radius 1 is 1.22 bits per heavy atom. The standard InChI is InChI=1S/C15H16N4O3S2.3ClH/c1-19-9-10(7-18-19)12-5-11(3-4-13(12)22-2)24(20,21)15-8-17-14(6-16)23-15;;;/h3-5,7-9H,6,16H2,1-2H3;3*1H. The molecule has 0 radical (unpaired) electrons. The van der Waals surface area contributed by atoms with Crippen molar-refractivity contribution in [3.63, 3.8) is 0 Å². The molecule has 0 bridgehead atoms. The normalized spacial score (nSPS) is 10.3. The molecule has 3 rings (SSSR count). The van der Waals surface area contributed by atoms with Gasteiger partial charge in [0.05, 0.1) is 24.4 Å². The minimum atomic E-state index is -3.66. The molecule has 1 aromatic carbocycles. The summed E-state index contributed by atoms with van der Waals surface area (Å²) < 4.78 is 32.8. The smallest absolute Gasteiger partial charge is 0.217 e. The van der Waals surface area contributed by atoms with Crippen molar-refractivity contribution >= 4 is 58.4 Å². The fourth-order valence-corrected chi connectivity index (χ4v) is 4.75. The van der Waals surface area contributed by atoms with Crippen molar-refractivity contribution in [2.24, 2.45) is 12.8 Å². The van der Waals surface area contributed by atoms with E-state index in [9.17, 15) is 8.42 Å². The Labute approximate surface area is 180 Å². The maximum atomic E-state index is 12.8. The first-order chi connectivity index (χ1) is 11.5. The minimum Gasteiger partial charge on any atom is -0.496 e. The van der Waals surface area contributed by atoms with Gasteiger partial charge in [0.2, 0.25) is 9.84 Å². The highest BCUT2D eigenvalue weighted by Crippen LogP contribution is 2.34. The number of hydrogen-bond acceptors (Lipinski definition) is 7. The van der Waals surface area contributed by atoms with Crippen LogP contribution in [-0.4, -0.2) is 30.3 Å². The van der Waals surface area contributed by atoms with Gasteiger partial charge in [0.15, 0.2) is 0 Å². The number of nitrogens with two attached hydrogens (primary N) is 1. The lowest BCUT2D eigenvalue weighted by Gasteiger charge is -2.09. The summed E-state index contributed by atoms with van der Waals surface area (Å²) in [6.07, 6.45) is 4.80. The number of methoxy groups -OCH3 is 1. The van der Waals surface area contributed by atoms with E-state index in [4.69, 9.17) is 10.5 Å². The van der Waals surface area contributed by atoms with Crippen molar-refractivity contribution in [1.82, 2.24) is 14.8 Å². The van der Waals surface area contributed by atoms with Gasteiger partial charge in [-0.15, -0.1) is 48.6 Å². The average Bonchev–Trinajstić information content (AvgIpc) is 3.23. The fraction of sp³-hybridized carbons (Fsp3) is 0.200. The van der Waals surface area contributed by atoms with E-state index < -0.39 is 9.84 Å². The predicted octanol–water partition coefficient (Wildman–Crippen LogP) is 3.11. The highest BCUT2D eigenvalue weighted by atomic mass is 35.5. The van der Waals surface area contributed by atoms with Gasteiger partial charge in [0.1, 0.15) is 15.0 Å². The van der Waals surface area contributed by atoms with Gasteiger partial charge in [-0.25, -0.2) is 13.4 Å².